The molecular formula is C11H19N3. The van der Waals surface area contributed by atoms with Crippen LogP contribution in [0.3, 0.4) is 0 Å². The molecule has 0 unspecified atom stereocenters. The molecule has 78 valence electrons. The Morgan fingerprint density at radius 2 is 2.21 bits per heavy atom. The van der Waals surface area contributed by atoms with Gasteiger partial charge in [0, 0.05) is 37.2 Å². The van der Waals surface area contributed by atoms with Crippen LogP contribution >= 0.6 is 0 Å². The molecule has 0 saturated carbocycles. The molecule has 0 amide bonds. The fraction of sp³-hybridized carbons (Fsp3) is 0.545. The lowest BCUT2D eigenvalue weighted by Gasteiger charge is -2.29. The zero-order valence-electron chi connectivity index (χ0n) is 9.20. The molecule has 1 aromatic heterocycles. The molecular weight excluding hydrogens is 174 g/mol. The van der Waals surface area contributed by atoms with Crippen LogP contribution in [0.4, 0.5) is 5.69 Å². The predicted molar refractivity (Wildman–Crippen MR) is 60.5 cm³/mol. The molecule has 0 aliphatic carbocycles. The minimum Gasteiger partial charge on any atom is -0.368 e. The second-order valence-electron chi connectivity index (χ2n) is 3.74. The van der Waals surface area contributed by atoms with Crippen LogP contribution in [-0.2, 0) is 0 Å². The van der Waals surface area contributed by atoms with Crippen LogP contribution in [0.2, 0.25) is 0 Å². The van der Waals surface area contributed by atoms with Crippen molar-refractivity contribution in [1.82, 2.24) is 4.98 Å². The summed E-state index contributed by atoms with van der Waals surface area (Å²) < 4.78 is 0. The van der Waals surface area contributed by atoms with E-state index in [1.165, 1.54) is 11.3 Å². The minimum absolute atomic E-state index is 0.472. The minimum atomic E-state index is 0.472. The maximum Gasteiger partial charge on any atom is 0.0429 e. The zero-order valence-corrected chi connectivity index (χ0v) is 9.20. The van der Waals surface area contributed by atoms with Crippen molar-refractivity contribution in [3.63, 3.8) is 0 Å². The van der Waals surface area contributed by atoms with Gasteiger partial charge >= 0.3 is 0 Å². The third kappa shape index (κ3) is 2.45. The van der Waals surface area contributed by atoms with Crippen molar-refractivity contribution >= 4 is 5.69 Å². The number of anilines is 1. The van der Waals surface area contributed by atoms with Crippen molar-refractivity contribution in [2.45, 2.75) is 26.8 Å². The lowest BCUT2D eigenvalue weighted by Crippen LogP contribution is -2.35. The van der Waals surface area contributed by atoms with Gasteiger partial charge in [-0.3, -0.25) is 4.98 Å². The van der Waals surface area contributed by atoms with Crippen molar-refractivity contribution in [3.8, 4) is 0 Å². The van der Waals surface area contributed by atoms with E-state index < -0.39 is 0 Å². The van der Waals surface area contributed by atoms with Crippen molar-refractivity contribution in [3.05, 3.63) is 24.0 Å². The molecule has 14 heavy (non-hydrogen) atoms. The van der Waals surface area contributed by atoms with Gasteiger partial charge in [-0.1, -0.05) is 0 Å². The first kappa shape index (κ1) is 11.0. The third-order valence-electron chi connectivity index (χ3n) is 2.29. The highest BCUT2D eigenvalue weighted by Crippen LogP contribution is 2.19. The van der Waals surface area contributed by atoms with Crippen LogP contribution in [0.25, 0.3) is 0 Å². The van der Waals surface area contributed by atoms with Gasteiger partial charge in [0.05, 0.1) is 0 Å². The van der Waals surface area contributed by atoms with Crippen molar-refractivity contribution < 1.29 is 0 Å². The lowest BCUT2D eigenvalue weighted by molar-refractivity contribution is 0.681. The van der Waals surface area contributed by atoms with E-state index in [1.807, 2.05) is 18.5 Å². The van der Waals surface area contributed by atoms with E-state index in [9.17, 15) is 0 Å². The molecule has 0 fully saturated rings. The second kappa shape index (κ2) is 4.96. The first-order valence-electron chi connectivity index (χ1n) is 5.04. The zero-order chi connectivity index (χ0) is 10.6. The van der Waals surface area contributed by atoms with Gasteiger partial charge in [-0.05, 0) is 32.4 Å². The van der Waals surface area contributed by atoms with Gasteiger partial charge in [0.1, 0.15) is 0 Å². The van der Waals surface area contributed by atoms with E-state index in [-0.39, 0.29) is 0 Å². The molecule has 2 N–H and O–H groups in total. The quantitative estimate of drug-likeness (QED) is 0.789. The smallest absolute Gasteiger partial charge is 0.0429 e. The van der Waals surface area contributed by atoms with E-state index in [0.717, 1.165) is 6.54 Å². The molecule has 1 aromatic rings. The van der Waals surface area contributed by atoms with Crippen LogP contribution < -0.4 is 10.6 Å². The standard InChI is InChI=1S/C11H19N3/c1-9(2)14(7-5-12)11-4-6-13-8-10(11)3/h4,6,8-9H,5,7,12H2,1-3H3. The summed E-state index contributed by atoms with van der Waals surface area (Å²) in [5.74, 6) is 0. The van der Waals surface area contributed by atoms with Gasteiger partial charge in [0.25, 0.3) is 0 Å². The fourth-order valence-electron chi connectivity index (χ4n) is 1.58. The molecule has 1 heterocycles. The van der Waals surface area contributed by atoms with Gasteiger partial charge in [-0.15, -0.1) is 0 Å². The Morgan fingerprint density at radius 1 is 1.50 bits per heavy atom. The molecule has 0 atom stereocenters. The second-order valence-corrected chi connectivity index (χ2v) is 3.74. The SMILES string of the molecule is Cc1cnccc1N(CCN)C(C)C. The van der Waals surface area contributed by atoms with Gasteiger partial charge < -0.3 is 10.6 Å². The summed E-state index contributed by atoms with van der Waals surface area (Å²) in [7, 11) is 0. The third-order valence-corrected chi connectivity index (χ3v) is 2.29. The highest BCUT2D eigenvalue weighted by molar-refractivity contribution is 5.52. The molecule has 0 aliphatic rings. The molecule has 0 saturated heterocycles. The van der Waals surface area contributed by atoms with E-state index in [1.54, 1.807) is 0 Å². The summed E-state index contributed by atoms with van der Waals surface area (Å²) in [6.07, 6.45) is 3.72. The number of aromatic nitrogens is 1. The molecule has 0 aromatic carbocycles. The molecule has 0 radical (unpaired) electrons. The largest absolute Gasteiger partial charge is 0.368 e. The normalized spacial score (nSPS) is 10.6. The van der Waals surface area contributed by atoms with Crippen molar-refractivity contribution in [2.75, 3.05) is 18.0 Å². The van der Waals surface area contributed by atoms with Crippen molar-refractivity contribution in [1.29, 1.82) is 0 Å². The van der Waals surface area contributed by atoms with Crippen LogP contribution in [-0.4, -0.2) is 24.1 Å². The van der Waals surface area contributed by atoms with E-state index in [2.05, 4.69) is 30.7 Å². The molecule has 0 spiro atoms. The topological polar surface area (TPSA) is 42.2 Å². The molecule has 0 aliphatic heterocycles. The summed E-state index contributed by atoms with van der Waals surface area (Å²) in [5.41, 5.74) is 8.04. The Hall–Kier alpha value is -1.09. The summed E-state index contributed by atoms with van der Waals surface area (Å²) in [6.45, 7) is 8.00. The number of hydrogen-bond donors (Lipinski definition) is 1. The summed E-state index contributed by atoms with van der Waals surface area (Å²) in [5, 5.41) is 0. The number of rotatable bonds is 4. The summed E-state index contributed by atoms with van der Waals surface area (Å²) >= 11 is 0. The first-order valence-corrected chi connectivity index (χ1v) is 5.04. The average molecular weight is 193 g/mol. The predicted octanol–water partition coefficient (Wildman–Crippen LogP) is 1.56. The maximum atomic E-state index is 5.60. The maximum absolute atomic E-state index is 5.60. The Morgan fingerprint density at radius 3 is 2.71 bits per heavy atom. The number of pyridine rings is 1. The Bertz CT molecular complexity index is 284. The molecule has 1 rings (SSSR count). The Balaban J connectivity index is 2.93. The Labute approximate surface area is 85.9 Å². The highest BCUT2D eigenvalue weighted by atomic mass is 15.2. The van der Waals surface area contributed by atoms with Gasteiger partial charge in [-0.2, -0.15) is 0 Å². The van der Waals surface area contributed by atoms with Crippen LogP contribution in [0.1, 0.15) is 19.4 Å². The van der Waals surface area contributed by atoms with Gasteiger partial charge in [0.15, 0.2) is 0 Å². The van der Waals surface area contributed by atoms with Gasteiger partial charge in [0.2, 0.25) is 0 Å². The van der Waals surface area contributed by atoms with Crippen LogP contribution in [0, 0.1) is 6.92 Å². The lowest BCUT2D eigenvalue weighted by atomic mass is 10.2. The van der Waals surface area contributed by atoms with E-state index >= 15 is 0 Å². The summed E-state index contributed by atoms with van der Waals surface area (Å²) in [6, 6.07) is 2.52. The first-order chi connectivity index (χ1) is 6.66. The highest BCUT2D eigenvalue weighted by Gasteiger charge is 2.11. The van der Waals surface area contributed by atoms with Gasteiger partial charge in [-0.25, -0.2) is 0 Å². The molecule has 3 nitrogen and oxygen atoms in total. The summed E-state index contributed by atoms with van der Waals surface area (Å²) in [4.78, 5) is 6.39. The van der Waals surface area contributed by atoms with E-state index in [4.69, 9.17) is 5.73 Å². The van der Waals surface area contributed by atoms with E-state index in [0.29, 0.717) is 12.6 Å². The van der Waals surface area contributed by atoms with Crippen molar-refractivity contribution in [2.24, 2.45) is 5.73 Å². The molecule has 0 bridgehead atoms. The van der Waals surface area contributed by atoms with Crippen LogP contribution in [0.15, 0.2) is 18.5 Å². The van der Waals surface area contributed by atoms with Crippen LogP contribution in [0.5, 0.6) is 0 Å². The monoisotopic (exact) mass is 193 g/mol. The number of aryl methyl sites for hydroxylation is 1. The number of hydrogen-bond acceptors (Lipinski definition) is 3. The fourth-order valence-corrected chi connectivity index (χ4v) is 1.58. The number of nitrogens with two attached hydrogens (primary N) is 1. The number of nitrogens with zero attached hydrogens (tertiary/aromatic N) is 2. The molecule has 3 heteroatoms. The Kier molecular flexibility index (Phi) is 3.89. The average Bonchev–Trinajstić information content (AvgIpc) is 2.15.